The summed E-state index contributed by atoms with van der Waals surface area (Å²) in [5.41, 5.74) is 10.0. The summed E-state index contributed by atoms with van der Waals surface area (Å²) in [5, 5.41) is 8.43. The minimum absolute atomic E-state index is 0.00926. The molecule has 4 nitrogen and oxygen atoms in total. The predicted octanol–water partition coefficient (Wildman–Crippen LogP) is 1.23. The van der Waals surface area contributed by atoms with E-state index in [1.165, 1.54) is 0 Å². The van der Waals surface area contributed by atoms with Crippen LogP contribution in [0.25, 0.3) is 0 Å². The molecule has 1 rings (SSSR count). The summed E-state index contributed by atoms with van der Waals surface area (Å²) in [7, 11) is 0. The molecule has 0 atom stereocenters. The first-order valence-corrected chi connectivity index (χ1v) is 3.94. The molecule has 70 valence electrons. The summed E-state index contributed by atoms with van der Waals surface area (Å²) in [6.07, 6.45) is 0. The smallest absolute Gasteiger partial charge is 0.218 e. The number of aryl methyl sites for hydroxylation is 2. The molecule has 0 saturated carbocycles. The molecule has 0 unspecified atom stereocenters. The van der Waals surface area contributed by atoms with E-state index in [2.05, 4.69) is 4.99 Å². The molecule has 0 fully saturated rings. The number of nitrogens with one attached hydrogen (secondary N) is 1. The second-order valence-electron chi connectivity index (χ2n) is 2.95. The fourth-order valence-electron chi connectivity index (χ4n) is 1.18. The van der Waals surface area contributed by atoms with Gasteiger partial charge in [0.15, 0.2) is 0 Å². The van der Waals surface area contributed by atoms with Gasteiger partial charge in [-0.05, 0) is 37.1 Å². The number of hydroxylamine groups is 1. The Labute approximate surface area is 77.1 Å². The van der Waals surface area contributed by atoms with Gasteiger partial charge in [-0.15, -0.1) is 0 Å². The summed E-state index contributed by atoms with van der Waals surface area (Å²) in [4.78, 5) is 3.93. The third-order valence-electron chi connectivity index (χ3n) is 1.57. The maximum absolute atomic E-state index is 8.43. The van der Waals surface area contributed by atoms with E-state index in [1.807, 2.05) is 32.0 Å². The van der Waals surface area contributed by atoms with Crippen molar-refractivity contribution in [2.24, 2.45) is 10.7 Å². The van der Waals surface area contributed by atoms with Crippen molar-refractivity contribution < 1.29 is 5.21 Å². The Morgan fingerprint density at radius 1 is 1.31 bits per heavy atom. The average molecular weight is 179 g/mol. The summed E-state index contributed by atoms with van der Waals surface area (Å²) in [5.74, 6) is -0.00926. The van der Waals surface area contributed by atoms with Crippen LogP contribution in [0.5, 0.6) is 0 Å². The maximum atomic E-state index is 8.43. The fourth-order valence-corrected chi connectivity index (χ4v) is 1.18. The van der Waals surface area contributed by atoms with Crippen molar-refractivity contribution in [2.75, 3.05) is 0 Å². The minimum atomic E-state index is -0.00926. The van der Waals surface area contributed by atoms with Crippen LogP contribution < -0.4 is 11.2 Å². The predicted molar refractivity (Wildman–Crippen MR) is 52.1 cm³/mol. The molecule has 0 aromatic heterocycles. The topological polar surface area (TPSA) is 70.6 Å². The van der Waals surface area contributed by atoms with Crippen molar-refractivity contribution in [3.05, 3.63) is 29.3 Å². The van der Waals surface area contributed by atoms with E-state index in [9.17, 15) is 0 Å². The van der Waals surface area contributed by atoms with Gasteiger partial charge in [0.25, 0.3) is 0 Å². The van der Waals surface area contributed by atoms with Gasteiger partial charge < -0.3 is 5.73 Å². The normalized spacial score (nSPS) is 11.5. The highest BCUT2D eigenvalue weighted by Gasteiger charge is 1.94. The Morgan fingerprint density at radius 3 is 2.31 bits per heavy atom. The molecule has 0 aliphatic carbocycles. The molecule has 1 aromatic rings. The second-order valence-corrected chi connectivity index (χ2v) is 2.95. The zero-order valence-corrected chi connectivity index (χ0v) is 7.70. The monoisotopic (exact) mass is 179 g/mol. The average Bonchev–Trinajstić information content (AvgIpc) is 2.02. The van der Waals surface area contributed by atoms with Crippen LogP contribution in [0.1, 0.15) is 11.1 Å². The van der Waals surface area contributed by atoms with Gasteiger partial charge >= 0.3 is 0 Å². The minimum Gasteiger partial charge on any atom is -0.368 e. The van der Waals surface area contributed by atoms with Gasteiger partial charge in [-0.2, -0.15) is 0 Å². The highest BCUT2D eigenvalue weighted by Crippen LogP contribution is 2.16. The van der Waals surface area contributed by atoms with E-state index in [4.69, 9.17) is 10.9 Å². The van der Waals surface area contributed by atoms with Crippen LogP contribution in [0.2, 0.25) is 0 Å². The van der Waals surface area contributed by atoms with Crippen LogP contribution in [0.4, 0.5) is 5.69 Å². The van der Waals surface area contributed by atoms with Crippen molar-refractivity contribution in [1.29, 1.82) is 0 Å². The van der Waals surface area contributed by atoms with E-state index >= 15 is 0 Å². The highest BCUT2D eigenvalue weighted by molar-refractivity contribution is 5.79. The number of benzene rings is 1. The van der Waals surface area contributed by atoms with Gasteiger partial charge in [0.1, 0.15) is 0 Å². The fraction of sp³-hybridized carbons (Fsp3) is 0.222. The molecular weight excluding hydrogens is 166 g/mol. The molecule has 0 amide bonds. The first-order valence-electron chi connectivity index (χ1n) is 3.94. The number of guanidine groups is 1. The first kappa shape index (κ1) is 9.54. The lowest BCUT2D eigenvalue weighted by atomic mass is 10.1. The van der Waals surface area contributed by atoms with E-state index in [0.29, 0.717) is 0 Å². The quantitative estimate of drug-likeness (QED) is 0.345. The molecular formula is C9H13N3O. The largest absolute Gasteiger partial charge is 0.368 e. The van der Waals surface area contributed by atoms with Crippen LogP contribution >= 0.6 is 0 Å². The van der Waals surface area contributed by atoms with Crippen LogP contribution in [-0.2, 0) is 0 Å². The third-order valence-corrected chi connectivity index (χ3v) is 1.57. The summed E-state index contributed by atoms with van der Waals surface area (Å²) in [6.45, 7) is 3.96. The van der Waals surface area contributed by atoms with Crippen molar-refractivity contribution >= 4 is 11.6 Å². The summed E-state index contributed by atoms with van der Waals surface area (Å²) in [6, 6.07) is 5.82. The molecule has 0 radical (unpaired) electrons. The Morgan fingerprint density at radius 2 is 1.85 bits per heavy atom. The Kier molecular flexibility index (Phi) is 2.87. The summed E-state index contributed by atoms with van der Waals surface area (Å²) >= 11 is 0. The number of nitrogens with two attached hydrogens (primary N) is 1. The van der Waals surface area contributed by atoms with Crippen LogP contribution in [0.3, 0.4) is 0 Å². The molecule has 0 saturated heterocycles. The lowest BCUT2D eigenvalue weighted by Crippen LogP contribution is -2.27. The molecule has 4 N–H and O–H groups in total. The van der Waals surface area contributed by atoms with Crippen LogP contribution in [-0.4, -0.2) is 11.2 Å². The van der Waals surface area contributed by atoms with E-state index in [1.54, 1.807) is 5.48 Å². The zero-order chi connectivity index (χ0) is 9.84. The van der Waals surface area contributed by atoms with Gasteiger partial charge in [-0.25, -0.2) is 10.5 Å². The molecule has 1 aromatic carbocycles. The zero-order valence-electron chi connectivity index (χ0n) is 7.70. The van der Waals surface area contributed by atoms with Gasteiger partial charge in [-0.1, -0.05) is 6.07 Å². The maximum Gasteiger partial charge on any atom is 0.218 e. The van der Waals surface area contributed by atoms with E-state index in [0.717, 1.165) is 16.8 Å². The number of aliphatic imine (C=N–C) groups is 1. The van der Waals surface area contributed by atoms with Crippen molar-refractivity contribution in [1.82, 2.24) is 5.48 Å². The van der Waals surface area contributed by atoms with Crippen molar-refractivity contribution in [2.45, 2.75) is 13.8 Å². The van der Waals surface area contributed by atoms with Crippen molar-refractivity contribution in [3.8, 4) is 0 Å². The van der Waals surface area contributed by atoms with E-state index in [-0.39, 0.29) is 5.96 Å². The molecule has 13 heavy (non-hydrogen) atoms. The highest BCUT2D eigenvalue weighted by atomic mass is 16.5. The first-order chi connectivity index (χ1) is 6.11. The van der Waals surface area contributed by atoms with Crippen LogP contribution in [0, 0.1) is 13.8 Å². The van der Waals surface area contributed by atoms with Gasteiger partial charge in [0.05, 0.1) is 5.69 Å². The molecule has 0 aliphatic heterocycles. The van der Waals surface area contributed by atoms with E-state index < -0.39 is 0 Å². The molecule has 4 heteroatoms. The molecule has 0 heterocycles. The number of hydrogen-bond acceptors (Lipinski definition) is 2. The SMILES string of the molecule is Cc1cc(C)cc(N=C(N)NO)c1. The number of hydrogen-bond donors (Lipinski definition) is 3. The molecule has 0 bridgehead atoms. The van der Waals surface area contributed by atoms with Gasteiger partial charge in [-0.3, -0.25) is 5.21 Å². The Hall–Kier alpha value is -1.55. The lowest BCUT2D eigenvalue weighted by molar-refractivity contribution is 0.233. The number of rotatable bonds is 1. The third kappa shape index (κ3) is 2.76. The Bertz CT molecular complexity index is 313. The van der Waals surface area contributed by atoms with Crippen LogP contribution in [0.15, 0.2) is 23.2 Å². The molecule has 0 spiro atoms. The summed E-state index contributed by atoms with van der Waals surface area (Å²) < 4.78 is 0. The van der Waals surface area contributed by atoms with Gasteiger partial charge in [0.2, 0.25) is 5.96 Å². The lowest BCUT2D eigenvalue weighted by Gasteiger charge is -2.01. The molecule has 0 aliphatic rings. The number of nitrogens with zero attached hydrogens (tertiary/aromatic N) is 1. The standard InChI is InChI=1S/C9H13N3O/c1-6-3-7(2)5-8(4-6)11-9(10)12-13/h3-5,13H,1-2H3,(H3,10,11,12). The van der Waals surface area contributed by atoms with Crippen molar-refractivity contribution in [3.63, 3.8) is 0 Å². The second kappa shape index (κ2) is 3.91. The Balaban J connectivity index is 3.02. The van der Waals surface area contributed by atoms with Gasteiger partial charge in [0, 0.05) is 0 Å².